The van der Waals surface area contributed by atoms with Crippen molar-refractivity contribution in [3.05, 3.63) is 65.7 Å². The van der Waals surface area contributed by atoms with Gasteiger partial charge < -0.3 is 15.4 Å². The number of nitrogens with zero attached hydrogens (tertiary/aromatic N) is 3. The predicted molar refractivity (Wildman–Crippen MR) is 146 cm³/mol. The van der Waals surface area contributed by atoms with Crippen molar-refractivity contribution in [2.45, 2.75) is 57.7 Å². The van der Waals surface area contributed by atoms with Gasteiger partial charge in [-0.25, -0.2) is 0 Å². The zero-order chi connectivity index (χ0) is 25.7. The Kier molecular flexibility index (Phi) is 8.32. The molecule has 0 radical (unpaired) electrons. The third-order valence-corrected chi connectivity index (χ3v) is 7.26. The van der Waals surface area contributed by atoms with E-state index in [1.807, 2.05) is 51.1 Å². The molecule has 7 heteroatoms. The summed E-state index contributed by atoms with van der Waals surface area (Å²) in [6, 6.07) is 18.6. The second-order valence-electron chi connectivity index (χ2n) is 11.0. The first-order valence-corrected chi connectivity index (χ1v) is 13.1. The molecular weight excluding hydrogens is 450 g/mol. The topological polar surface area (TPSA) is 85.9 Å². The minimum absolute atomic E-state index is 0.107. The summed E-state index contributed by atoms with van der Waals surface area (Å²) in [5.41, 5.74) is 8.22. The van der Waals surface area contributed by atoms with E-state index < -0.39 is 5.60 Å². The Hall–Kier alpha value is -2.90. The molecule has 194 valence electrons. The van der Waals surface area contributed by atoms with Crippen LogP contribution in [0.1, 0.15) is 44.7 Å². The number of piperazine rings is 1. The number of benzene rings is 2. The summed E-state index contributed by atoms with van der Waals surface area (Å²) >= 11 is 0. The first kappa shape index (κ1) is 26.2. The first-order chi connectivity index (χ1) is 17.2. The van der Waals surface area contributed by atoms with Crippen LogP contribution >= 0.6 is 0 Å². The minimum Gasteiger partial charge on any atom is -0.459 e. The number of nitrogens with two attached hydrogens (primary N) is 1. The van der Waals surface area contributed by atoms with E-state index in [0.717, 1.165) is 57.7 Å². The number of likely N-dealkylation sites (tertiary alicyclic amines) is 1. The predicted octanol–water partition coefficient (Wildman–Crippen LogP) is 3.51. The molecule has 2 aliphatic rings. The monoisotopic (exact) mass is 491 g/mol. The Bertz CT molecular complexity index is 1000. The maximum absolute atomic E-state index is 13.2. The molecule has 3 N–H and O–H groups in total. The minimum atomic E-state index is -0.490. The lowest BCUT2D eigenvalue weighted by Crippen LogP contribution is -2.55. The highest BCUT2D eigenvalue weighted by molar-refractivity contribution is 5.95. The summed E-state index contributed by atoms with van der Waals surface area (Å²) in [5.74, 6) is -0.00963. The number of piperidine rings is 1. The average molecular weight is 492 g/mol. The number of hydrogen-bond acceptors (Lipinski definition) is 6. The molecule has 4 rings (SSSR count). The normalized spacial score (nSPS) is 19.1. The van der Waals surface area contributed by atoms with E-state index in [1.54, 1.807) is 0 Å². The second kappa shape index (κ2) is 11.4. The van der Waals surface area contributed by atoms with Gasteiger partial charge in [0.05, 0.1) is 0 Å². The highest BCUT2D eigenvalue weighted by Crippen LogP contribution is 2.25. The maximum atomic E-state index is 13.2. The Balaban J connectivity index is 1.32. The number of hydrogen-bond donors (Lipinski definition) is 2. The van der Waals surface area contributed by atoms with Crippen LogP contribution in [0, 0.1) is 5.41 Å². The zero-order valence-electron chi connectivity index (χ0n) is 22.0. The van der Waals surface area contributed by atoms with Gasteiger partial charge in [-0.05, 0) is 69.9 Å². The van der Waals surface area contributed by atoms with Crippen molar-refractivity contribution >= 4 is 17.5 Å². The van der Waals surface area contributed by atoms with Gasteiger partial charge >= 0.3 is 5.97 Å². The molecular formula is C29H41N5O2. The molecule has 0 saturated carbocycles. The van der Waals surface area contributed by atoms with Crippen LogP contribution in [0.5, 0.6) is 0 Å². The van der Waals surface area contributed by atoms with Crippen molar-refractivity contribution < 1.29 is 9.53 Å². The van der Waals surface area contributed by atoms with Crippen molar-refractivity contribution in [2.75, 3.05) is 44.2 Å². The SMILES string of the molecule is CC(C)(C)OC(=O)C(Cc1ccccc1)N1CCC(N2CCN(c3ccc(C(=N)N)cc3)CC2)CC1. The van der Waals surface area contributed by atoms with Crippen molar-refractivity contribution in [2.24, 2.45) is 5.73 Å². The fourth-order valence-corrected chi connectivity index (χ4v) is 5.33. The maximum Gasteiger partial charge on any atom is 0.324 e. The van der Waals surface area contributed by atoms with Crippen molar-refractivity contribution in [1.82, 2.24) is 9.80 Å². The quantitative estimate of drug-likeness (QED) is 0.350. The van der Waals surface area contributed by atoms with Crippen LogP contribution in [0.3, 0.4) is 0 Å². The Morgan fingerprint density at radius 3 is 2.14 bits per heavy atom. The van der Waals surface area contributed by atoms with Crippen LogP contribution in [0.15, 0.2) is 54.6 Å². The lowest BCUT2D eigenvalue weighted by Gasteiger charge is -2.44. The average Bonchev–Trinajstić information content (AvgIpc) is 2.87. The summed E-state index contributed by atoms with van der Waals surface area (Å²) in [6.45, 7) is 11.7. The van der Waals surface area contributed by atoms with Gasteiger partial charge in [0.25, 0.3) is 0 Å². The van der Waals surface area contributed by atoms with E-state index in [0.29, 0.717) is 12.5 Å². The van der Waals surface area contributed by atoms with Crippen LogP contribution < -0.4 is 10.6 Å². The third kappa shape index (κ3) is 6.86. The molecule has 2 heterocycles. The molecule has 2 aromatic carbocycles. The third-order valence-electron chi connectivity index (χ3n) is 7.26. The molecule has 7 nitrogen and oxygen atoms in total. The van der Waals surface area contributed by atoms with Gasteiger partial charge in [-0.15, -0.1) is 0 Å². The number of carbonyl (C=O) groups is 1. The van der Waals surface area contributed by atoms with Crippen LogP contribution in [0.2, 0.25) is 0 Å². The van der Waals surface area contributed by atoms with Gasteiger partial charge in [0.15, 0.2) is 0 Å². The van der Waals surface area contributed by atoms with Crippen LogP contribution in [0.25, 0.3) is 0 Å². The fraction of sp³-hybridized carbons (Fsp3) is 0.517. The molecule has 1 atom stereocenters. The smallest absolute Gasteiger partial charge is 0.324 e. The van der Waals surface area contributed by atoms with Crippen molar-refractivity contribution in [3.8, 4) is 0 Å². The molecule has 0 amide bonds. The van der Waals surface area contributed by atoms with E-state index in [2.05, 4.69) is 39.0 Å². The lowest BCUT2D eigenvalue weighted by atomic mass is 9.97. The Morgan fingerprint density at radius 1 is 0.972 bits per heavy atom. The number of nitrogens with one attached hydrogen (secondary N) is 1. The summed E-state index contributed by atoms with van der Waals surface area (Å²) in [6.07, 6.45) is 2.82. The van der Waals surface area contributed by atoms with E-state index in [4.69, 9.17) is 15.9 Å². The molecule has 0 bridgehead atoms. The largest absolute Gasteiger partial charge is 0.459 e. The number of esters is 1. The molecule has 1 unspecified atom stereocenters. The summed E-state index contributed by atoms with van der Waals surface area (Å²) in [7, 11) is 0. The highest BCUT2D eigenvalue weighted by Gasteiger charge is 2.35. The molecule has 0 aromatic heterocycles. The number of carbonyl (C=O) groups excluding carboxylic acids is 1. The van der Waals surface area contributed by atoms with Gasteiger partial charge in [-0.3, -0.25) is 20.0 Å². The second-order valence-corrected chi connectivity index (χ2v) is 11.0. The van der Waals surface area contributed by atoms with Gasteiger partial charge in [0.2, 0.25) is 0 Å². The molecule has 2 aliphatic heterocycles. The van der Waals surface area contributed by atoms with Crippen molar-refractivity contribution in [1.29, 1.82) is 5.41 Å². The molecule has 2 fully saturated rings. The van der Waals surface area contributed by atoms with E-state index in [-0.39, 0.29) is 17.8 Å². The number of ether oxygens (including phenoxy) is 1. The standard InChI is InChI=1S/C29H41N5O2/c1-29(2,3)36-28(35)26(21-22-7-5-4-6-8-22)34-15-13-25(14-16-34)33-19-17-32(18-20-33)24-11-9-23(10-12-24)27(30)31/h4-12,25-26H,13-21H2,1-3H3,(H3,30,31). The van der Waals surface area contributed by atoms with Gasteiger partial charge in [-0.1, -0.05) is 30.3 Å². The van der Waals surface area contributed by atoms with Gasteiger partial charge in [-0.2, -0.15) is 0 Å². The number of nitrogen functional groups attached to an aromatic ring is 1. The number of amidine groups is 1. The van der Waals surface area contributed by atoms with Gasteiger partial charge in [0.1, 0.15) is 17.5 Å². The van der Waals surface area contributed by atoms with E-state index in [9.17, 15) is 4.79 Å². The summed E-state index contributed by atoms with van der Waals surface area (Å²) in [5, 5.41) is 7.58. The summed E-state index contributed by atoms with van der Waals surface area (Å²) < 4.78 is 5.83. The van der Waals surface area contributed by atoms with Crippen LogP contribution in [0.4, 0.5) is 5.69 Å². The number of rotatable bonds is 7. The summed E-state index contributed by atoms with van der Waals surface area (Å²) in [4.78, 5) is 20.5. The Labute approximate surface area is 215 Å². The van der Waals surface area contributed by atoms with Gasteiger partial charge in [0, 0.05) is 56.6 Å². The molecule has 0 aliphatic carbocycles. The Morgan fingerprint density at radius 2 is 1.58 bits per heavy atom. The highest BCUT2D eigenvalue weighted by atomic mass is 16.6. The van der Waals surface area contributed by atoms with Crippen molar-refractivity contribution in [3.63, 3.8) is 0 Å². The molecule has 2 aromatic rings. The zero-order valence-corrected chi connectivity index (χ0v) is 22.0. The lowest BCUT2D eigenvalue weighted by molar-refractivity contribution is -0.162. The molecule has 0 spiro atoms. The number of anilines is 1. The fourth-order valence-electron chi connectivity index (χ4n) is 5.33. The molecule has 36 heavy (non-hydrogen) atoms. The van der Waals surface area contributed by atoms with Crippen LogP contribution in [-0.4, -0.2) is 78.6 Å². The van der Waals surface area contributed by atoms with E-state index in [1.165, 1.54) is 11.3 Å². The van der Waals surface area contributed by atoms with E-state index >= 15 is 0 Å². The van der Waals surface area contributed by atoms with Crippen LogP contribution in [-0.2, 0) is 16.0 Å². The molecule has 2 saturated heterocycles. The first-order valence-electron chi connectivity index (χ1n) is 13.1.